The summed E-state index contributed by atoms with van der Waals surface area (Å²) in [5, 5.41) is 2.30. The molecule has 3 heteroatoms. The van der Waals surface area contributed by atoms with E-state index < -0.39 is 0 Å². The third-order valence-corrected chi connectivity index (χ3v) is 4.10. The molecule has 2 heterocycles. The topological polar surface area (TPSA) is 35.5 Å². The maximum absolute atomic E-state index is 5.78. The summed E-state index contributed by atoms with van der Waals surface area (Å²) in [6, 6.07) is 16.5. The van der Waals surface area contributed by atoms with Crippen molar-refractivity contribution in [3.8, 4) is 0 Å². The van der Waals surface area contributed by atoms with E-state index in [1.165, 1.54) is 11.1 Å². The molecule has 0 fully saturated rings. The van der Waals surface area contributed by atoms with Gasteiger partial charge in [0, 0.05) is 10.8 Å². The van der Waals surface area contributed by atoms with E-state index in [0.717, 1.165) is 48.0 Å². The minimum atomic E-state index is 0.733. The number of fused-ring (bicyclic) bond motifs is 2. The van der Waals surface area contributed by atoms with Gasteiger partial charge < -0.3 is 13.6 Å². The normalized spacial score (nSPS) is 11.5. The summed E-state index contributed by atoms with van der Waals surface area (Å²) < 4.78 is 16.5. The first-order valence-corrected chi connectivity index (χ1v) is 7.88. The van der Waals surface area contributed by atoms with Crippen molar-refractivity contribution in [2.75, 3.05) is 13.2 Å². The predicted octanol–water partition coefficient (Wildman–Crippen LogP) is 4.98. The molecule has 0 atom stereocenters. The monoisotopic (exact) mass is 306 g/mol. The lowest BCUT2D eigenvalue weighted by molar-refractivity contribution is 0.140. The molecule has 0 aliphatic carbocycles. The highest BCUT2D eigenvalue weighted by Crippen LogP contribution is 2.18. The van der Waals surface area contributed by atoms with Crippen LogP contribution in [0.15, 0.2) is 69.9 Å². The maximum Gasteiger partial charge on any atom is 0.133 e. The first-order valence-electron chi connectivity index (χ1n) is 7.88. The number of furan rings is 2. The van der Waals surface area contributed by atoms with Crippen molar-refractivity contribution in [2.45, 2.75) is 12.8 Å². The van der Waals surface area contributed by atoms with E-state index in [-0.39, 0.29) is 0 Å². The van der Waals surface area contributed by atoms with E-state index in [1.54, 1.807) is 12.5 Å². The van der Waals surface area contributed by atoms with E-state index in [1.807, 2.05) is 24.3 Å². The number of hydrogen-bond donors (Lipinski definition) is 0. The first kappa shape index (κ1) is 14.1. The third-order valence-electron chi connectivity index (χ3n) is 4.10. The predicted molar refractivity (Wildman–Crippen MR) is 90.7 cm³/mol. The second kappa shape index (κ2) is 6.31. The minimum Gasteiger partial charge on any atom is -0.464 e. The van der Waals surface area contributed by atoms with Gasteiger partial charge in [-0.2, -0.15) is 0 Å². The molecule has 0 aliphatic heterocycles. The van der Waals surface area contributed by atoms with Crippen molar-refractivity contribution in [2.24, 2.45) is 0 Å². The molecule has 4 rings (SSSR count). The maximum atomic E-state index is 5.78. The Kier molecular flexibility index (Phi) is 3.86. The summed E-state index contributed by atoms with van der Waals surface area (Å²) in [4.78, 5) is 0. The van der Waals surface area contributed by atoms with Crippen LogP contribution in [-0.4, -0.2) is 13.2 Å². The zero-order chi connectivity index (χ0) is 15.5. The van der Waals surface area contributed by atoms with Gasteiger partial charge in [0.1, 0.15) is 11.2 Å². The van der Waals surface area contributed by atoms with Crippen LogP contribution in [0.25, 0.3) is 21.9 Å². The van der Waals surface area contributed by atoms with Gasteiger partial charge in [0.2, 0.25) is 0 Å². The first-order chi connectivity index (χ1) is 11.4. The van der Waals surface area contributed by atoms with Crippen LogP contribution in [0.4, 0.5) is 0 Å². The van der Waals surface area contributed by atoms with Crippen LogP contribution in [0.5, 0.6) is 0 Å². The van der Waals surface area contributed by atoms with Gasteiger partial charge in [0.05, 0.1) is 25.7 Å². The minimum absolute atomic E-state index is 0.733. The van der Waals surface area contributed by atoms with E-state index in [0.29, 0.717) is 0 Å². The van der Waals surface area contributed by atoms with Crippen molar-refractivity contribution in [1.29, 1.82) is 0 Å². The van der Waals surface area contributed by atoms with Gasteiger partial charge in [0.25, 0.3) is 0 Å². The molecule has 0 unspecified atom stereocenters. The van der Waals surface area contributed by atoms with E-state index >= 15 is 0 Å². The number of hydrogen-bond acceptors (Lipinski definition) is 3. The van der Waals surface area contributed by atoms with Crippen LogP contribution >= 0.6 is 0 Å². The Balaban J connectivity index is 1.26. The molecule has 116 valence electrons. The number of benzene rings is 2. The lowest BCUT2D eigenvalue weighted by atomic mass is 10.1. The van der Waals surface area contributed by atoms with Crippen LogP contribution in [0.3, 0.4) is 0 Å². The molecule has 2 aromatic carbocycles. The van der Waals surface area contributed by atoms with E-state index in [4.69, 9.17) is 13.6 Å². The van der Waals surface area contributed by atoms with Crippen LogP contribution in [0, 0.1) is 0 Å². The number of ether oxygens (including phenoxy) is 1. The molecule has 3 nitrogen and oxygen atoms in total. The van der Waals surface area contributed by atoms with Crippen molar-refractivity contribution in [3.63, 3.8) is 0 Å². The standard InChI is InChI=1S/C20H18O3/c1-3-19-17(7-11-22-19)13-15(1)5-9-21-10-6-16-2-4-20-18(14-16)8-12-23-20/h1-4,7-8,11-14H,5-6,9-10H2. The highest BCUT2D eigenvalue weighted by molar-refractivity contribution is 5.78. The molecule has 23 heavy (non-hydrogen) atoms. The summed E-state index contributed by atoms with van der Waals surface area (Å²) in [5.74, 6) is 0. The van der Waals surface area contributed by atoms with Gasteiger partial charge in [-0.05, 0) is 60.4 Å². The lowest BCUT2D eigenvalue weighted by Crippen LogP contribution is -2.02. The highest BCUT2D eigenvalue weighted by atomic mass is 16.5. The fourth-order valence-corrected chi connectivity index (χ4v) is 2.83. The molecule has 0 amide bonds. The molecule has 4 aromatic rings. The third kappa shape index (κ3) is 3.15. The Morgan fingerprint density at radius 3 is 1.70 bits per heavy atom. The second-order valence-corrected chi connectivity index (χ2v) is 5.70. The van der Waals surface area contributed by atoms with Crippen molar-refractivity contribution in [1.82, 2.24) is 0 Å². The Bertz CT molecular complexity index is 841. The smallest absolute Gasteiger partial charge is 0.133 e. The van der Waals surface area contributed by atoms with Gasteiger partial charge in [-0.1, -0.05) is 12.1 Å². The lowest BCUT2D eigenvalue weighted by Gasteiger charge is -2.05. The van der Waals surface area contributed by atoms with Crippen LogP contribution < -0.4 is 0 Å². The summed E-state index contributed by atoms with van der Waals surface area (Å²) >= 11 is 0. The van der Waals surface area contributed by atoms with Crippen LogP contribution in [0.2, 0.25) is 0 Å². The van der Waals surface area contributed by atoms with Gasteiger partial charge in [-0.3, -0.25) is 0 Å². The van der Waals surface area contributed by atoms with Crippen molar-refractivity contribution < 1.29 is 13.6 Å². The summed E-state index contributed by atoms with van der Waals surface area (Å²) in [5.41, 5.74) is 4.42. The molecule has 0 saturated carbocycles. The molecule has 0 aliphatic rings. The number of rotatable bonds is 6. The molecular weight excluding hydrogens is 288 g/mol. The van der Waals surface area contributed by atoms with E-state index in [9.17, 15) is 0 Å². The van der Waals surface area contributed by atoms with Gasteiger partial charge in [-0.15, -0.1) is 0 Å². The summed E-state index contributed by atoms with van der Waals surface area (Å²) in [6.07, 6.45) is 5.29. The van der Waals surface area contributed by atoms with E-state index in [2.05, 4.69) is 24.3 Å². The molecule has 0 radical (unpaired) electrons. The Morgan fingerprint density at radius 2 is 1.17 bits per heavy atom. The summed E-state index contributed by atoms with van der Waals surface area (Å²) in [7, 11) is 0. The fourth-order valence-electron chi connectivity index (χ4n) is 2.83. The highest BCUT2D eigenvalue weighted by Gasteiger charge is 2.01. The largest absolute Gasteiger partial charge is 0.464 e. The van der Waals surface area contributed by atoms with Crippen molar-refractivity contribution >= 4 is 21.9 Å². The molecule has 0 spiro atoms. The molecular formula is C20H18O3. The average molecular weight is 306 g/mol. The molecule has 2 aromatic heterocycles. The Hall–Kier alpha value is -2.52. The molecule has 0 saturated heterocycles. The fraction of sp³-hybridized carbons (Fsp3) is 0.200. The molecule has 0 N–H and O–H groups in total. The molecule has 0 bridgehead atoms. The van der Waals surface area contributed by atoms with Crippen LogP contribution in [-0.2, 0) is 17.6 Å². The van der Waals surface area contributed by atoms with Crippen LogP contribution in [0.1, 0.15) is 11.1 Å². The summed E-state index contributed by atoms with van der Waals surface area (Å²) in [6.45, 7) is 1.47. The second-order valence-electron chi connectivity index (χ2n) is 5.70. The quantitative estimate of drug-likeness (QED) is 0.471. The zero-order valence-electron chi connectivity index (χ0n) is 12.8. The Morgan fingerprint density at radius 1 is 0.652 bits per heavy atom. The van der Waals surface area contributed by atoms with Crippen molar-refractivity contribution in [3.05, 3.63) is 72.2 Å². The van der Waals surface area contributed by atoms with Gasteiger partial charge in [0.15, 0.2) is 0 Å². The van der Waals surface area contributed by atoms with Gasteiger partial charge in [-0.25, -0.2) is 0 Å². The van der Waals surface area contributed by atoms with Gasteiger partial charge >= 0.3 is 0 Å². The SMILES string of the molecule is c1cc2cc(CCOCCc3ccc4occc4c3)ccc2o1. The average Bonchev–Trinajstić information content (AvgIpc) is 3.22. The Labute approximate surface area is 134 Å². The zero-order valence-corrected chi connectivity index (χ0v) is 12.8.